The van der Waals surface area contributed by atoms with Gasteiger partial charge in [0.2, 0.25) is 0 Å². The maximum Gasteiger partial charge on any atom is 0.322 e. The number of phenols is 1. The molecule has 1 aromatic carbocycles. The molecule has 5 heteroatoms. The van der Waals surface area contributed by atoms with Crippen molar-refractivity contribution in [3.05, 3.63) is 23.8 Å². The SMILES string of the molecule is CCOc1cccc(CNC(C)C(=O)OC)c1O. The van der Waals surface area contributed by atoms with E-state index in [2.05, 4.69) is 10.1 Å². The van der Waals surface area contributed by atoms with Gasteiger partial charge in [-0.25, -0.2) is 0 Å². The van der Waals surface area contributed by atoms with Gasteiger partial charge in [-0.15, -0.1) is 0 Å². The first-order valence-electron chi connectivity index (χ1n) is 5.85. The summed E-state index contributed by atoms with van der Waals surface area (Å²) in [5, 5.41) is 12.9. The third kappa shape index (κ3) is 3.63. The molecule has 0 aromatic heterocycles. The first-order valence-corrected chi connectivity index (χ1v) is 5.85. The summed E-state index contributed by atoms with van der Waals surface area (Å²) in [5.41, 5.74) is 0.678. The summed E-state index contributed by atoms with van der Waals surface area (Å²) in [5.74, 6) is 0.210. The van der Waals surface area contributed by atoms with E-state index in [0.717, 1.165) is 0 Å². The molecule has 0 heterocycles. The smallest absolute Gasteiger partial charge is 0.322 e. The van der Waals surface area contributed by atoms with Crippen LogP contribution in [0.3, 0.4) is 0 Å². The summed E-state index contributed by atoms with van der Waals surface area (Å²) in [6.07, 6.45) is 0. The Kier molecular flexibility index (Phi) is 5.45. The second-order valence-corrected chi connectivity index (χ2v) is 3.82. The molecule has 0 amide bonds. The van der Waals surface area contributed by atoms with Crippen molar-refractivity contribution in [3.63, 3.8) is 0 Å². The number of hydrogen-bond donors (Lipinski definition) is 2. The number of rotatable bonds is 6. The number of phenolic OH excluding ortho intramolecular Hbond substituents is 1. The molecule has 0 saturated carbocycles. The minimum atomic E-state index is -0.426. The molecule has 2 N–H and O–H groups in total. The van der Waals surface area contributed by atoms with Crippen molar-refractivity contribution in [1.29, 1.82) is 0 Å². The summed E-state index contributed by atoms with van der Waals surface area (Å²) in [6, 6.07) is 4.84. The van der Waals surface area contributed by atoms with Crippen LogP contribution < -0.4 is 10.1 Å². The van der Waals surface area contributed by atoms with Gasteiger partial charge in [-0.3, -0.25) is 4.79 Å². The topological polar surface area (TPSA) is 67.8 Å². The third-order valence-electron chi connectivity index (χ3n) is 2.54. The van der Waals surface area contributed by atoms with Gasteiger partial charge in [0.1, 0.15) is 6.04 Å². The number of aromatic hydroxyl groups is 1. The molecule has 1 aromatic rings. The van der Waals surface area contributed by atoms with Gasteiger partial charge in [-0.2, -0.15) is 0 Å². The first kappa shape index (κ1) is 14.3. The Labute approximate surface area is 107 Å². The summed E-state index contributed by atoms with van der Waals surface area (Å²) in [4.78, 5) is 11.2. The molecule has 0 radical (unpaired) electrons. The number of carbonyl (C=O) groups is 1. The molecule has 0 fully saturated rings. The van der Waals surface area contributed by atoms with E-state index in [0.29, 0.717) is 24.5 Å². The molecule has 1 rings (SSSR count). The molecule has 100 valence electrons. The number of nitrogens with one attached hydrogen (secondary N) is 1. The Balaban J connectivity index is 2.67. The molecule has 0 aliphatic rings. The summed E-state index contributed by atoms with van der Waals surface area (Å²) in [7, 11) is 1.34. The number of carbonyl (C=O) groups excluding carboxylic acids is 1. The van der Waals surface area contributed by atoms with Crippen LogP contribution in [0, 0.1) is 0 Å². The molecular weight excluding hydrogens is 234 g/mol. The van der Waals surface area contributed by atoms with Crippen molar-refractivity contribution < 1.29 is 19.4 Å². The van der Waals surface area contributed by atoms with Crippen LogP contribution in [-0.2, 0) is 16.1 Å². The van der Waals surface area contributed by atoms with Crippen LogP contribution >= 0.6 is 0 Å². The number of methoxy groups -OCH3 is 1. The van der Waals surface area contributed by atoms with Gasteiger partial charge in [0.25, 0.3) is 0 Å². The van der Waals surface area contributed by atoms with Crippen molar-refractivity contribution in [3.8, 4) is 11.5 Å². The number of hydrogen-bond acceptors (Lipinski definition) is 5. The van der Waals surface area contributed by atoms with E-state index in [1.54, 1.807) is 25.1 Å². The van der Waals surface area contributed by atoms with E-state index in [1.165, 1.54) is 7.11 Å². The van der Waals surface area contributed by atoms with Crippen molar-refractivity contribution in [2.45, 2.75) is 26.4 Å². The van der Waals surface area contributed by atoms with Crippen LogP contribution in [0.15, 0.2) is 18.2 Å². The second-order valence-electron chi connectivity index (χ2n) is 3.82. The predicted molar refractivity (Wildman–Crippen MR) is 67.6 cm³/mol. The van der Waals surface area contributed by atoms with Crippen molar-refractivity contribution in [2.75, 3.05) is 13.7 Å². The van der Waals surface area contributed by atoms with Gasteiger partial charge >= 0.3 is 5.97 Å². The number of benzene rings is 1. The van der Waals surface area contributed by atoms with E-state index < -0.39 is 6.04 Å². The van der Waals surface area contributed by atoms with Gasteiger partial charge in [-0.05, 0) is 19.9 Å². The van der Waals surface area contributed by atoms with Crippen molar-refractivity contribution in [2.24, 2.45) is 0 Å². The van der Waals surface area contributed by atoms with E-state index in [1.807, 2.05) is 6.92 Å². The third-order valence-corrected chi connectivity index (χ3v) is 2.54. The number of ether oxygens (including phenoxy) is 2. The van der Waals surface area contributed by atoms with Gasteiger partial charge in [0, 0.05) is 12.1 Å². The molecule has 0 bridgehead atoms. The van der Waals surface area contributed by atoms with Crippen LogP contribution in [0.2, 0.25) is 0 Å². The number of esters is 1. The quantitative estimate of drug-likeness (QED) is 0.751. The predicted octanol–water partition coefficient (Wildman–Crippen LogP) is 1.44. The zero-order chi connectivity index (χ0) is 13.5. The summed E-state index contributed by atoms with van der Waals surface area (Å²) in [6.45, 7) is 4.41. The highest BCUT2D eigenvalue weighted by Crippen LogP contribution is 2.29. The zero-order valence-corrected chi connectivity index (χ0v) is 10.9. The lowest BCUT2D eigenvalue weighted by atomic mass is 10.1. The zero-order valence-electron chi connectivity index (χ0n) is 10.9. The minimum absolute atomic E-state index is 0.101. The average molecular weight is 253 g/mol. The van der Waals surface area contributed by atoms with Crippen LogP contribution in [0.4, 0.5) is 0 Å². The normalized spacial score (nSPS) is 11.9. The van der Waals surface area contributed by atoms with Gasteiger partial charge < -0.3 is 19.9 Å². The highest BCUT2D eigenvalue weighted by Gasteiger charge is 2.14. The van der Waals surface area contributed by atoms with Gasteiger partial charge in [-0.1, -0.05) is 12.1 Å². The first-order chi connectivity index (χ1) is 8.60. The minimum Gasteiger partial charge on any atom is -0.504 e. The summed E-state index contributed by atoms with van der Waals surface area (Å²) >= 11 is 0. The van der Waals surface area contributed by atoms with E-state index >= 15 is 0 Å². The van der Waals surface area contributed by atoms with Crippen LogP contribution in [0.5, 0.6) is 11.5 Å². The van der Waals surface area contributed by atoms with E-state index in [4.69, 9.17) is 4.74 Å². The second kappa shape index (κ2) is 6.86. The van der Waals surface area contributed by atoms with Gasteiger partial charge in [0.05, 0.1) is 13.7 Å². The molecule has 18 heavy (non-hydrogen) atoms. The maximum atomic E-state index is 11.2. The molecule has 0 aliphatic heterocycles. The fourth-order valence-electron chi connectivity index (χ4n) is 1.51. The Morgan fingerprint density at radius 1 is 1.50 bits per heavy atom. The highest BCUT2D eigenvalue weighted by molar-refractivity contribution is 5.75. The van der Waals surface area contributed by atoms with Crippen molar-refractivity contribution >= 4 is 5.97 Å². The Morgan fingerprint density at radius 3 is 2.83 bits per heavy atom. The standard InChI is InChI=1S/C13H19NO4/c1-4-18-11-7-5-6-10(12(11)15)8-14-9(2)13(16)17-3/h5-7,9,14-15H,4,8H2,1-3H3. The molecule has 1 atom stereocenters. The monoisotopic (exact) mass is 253 g/mol. The molecule has 5 nitrogen and oxygen atoms in total. The maximum absolute atomic E-state index is 11.2. The highest BCUT2D eigenvalue weighted by atomic mass is 16.5. The molecule has 0 spiro atoms. The molecule has 1 unspecified atom stereocenters. The fraction of sp³-hybridized carbons (Fsp3) is 0.462. The lowest BCUT2D eigenvalue weighted by Gasteiger charge is -2.13. The Morgan fingerprint density at radius 2 is 2.22 bits per heavy atom. The fourth-order valence-corrected chi connectivity index (χ4v) is 1.51. The summed E-state index contributed by atoms with van der Waals surface area (Å²) < 4.78 is 9.89. The molecule has 0 saturated heterocycles. The van der Waals surface area contributed by atoms with Crippen LogP contribution in [-0.4, -0.2) is 30.8 Å². The molecular formula is C13H19NO4. The Hall–Kier alpha value is -1.75. The van der Waals surface area contributed by atoms with Gasteiger partial charge in [0.15, 0.2) is 11.5 Å². The van der Waals surface area contributed by atoms with Crippen LogP contribution in [0.25, 0.3) is 0 Å². The largest absolute Gasteiger partial charge is 0.504 e. The van der Waals surface area contributed by atoms with E-state index in [9.17, 15) is 9.90 Å². The average Bonchev–Trinajstić information content (AvgIpc) is 2.38. The van der Waals surface area contributed by atoms with Crippen LogP contribution in [0.1, 0.15) is 19.4 Å². The van der Waals surface area contributed by atoms with Crippen molar-refractivity contribution in [1.82, 2.24) is 5.32 Å². The Bertz CT molecular complexity index is 406. The number of para-hydroxylation sites is 1. The molecule has 0 aliphatic carbocycles. The lowest BCUT2D eigenvalue weighted by molar-refractivity contribution is -0.142. The lowest BCUT2D eigenvalue weighted by Crippen LogP contribution is -2.34. The van der Waals surface area contributed by atoms with E-state index in [-0.39, 0.29) is 11.7 Å².